The number of rotatable bonds is 4. The number of alkyl halides is 3. The number of halogens is 3. The fourth-order valence-corrected chi connectivity index (χ4v) is 2.00. The van der Waals surface area contributed by atoms with Crippen LogP contribution < -0.4 is 4.74 Å². The first-order valence-electron chi connectivity index (χ1n) is 6.89. The Hall–Kier alpha value is -1.72. The molecule has 0 aliphatic rings. The summed E-state index contributed by atoms with van der Waals surface area (Å²) >= 11 is 0. The average Bonchev–Trinajstić information content (AvgIpc) is 2.28. The van der Waals surface area contributed by atoms with Gasteiger partial charge in [0, 0.05) is 0 Å². The summed E-state index contributed by atoms with van der Waals surface area (Å²) in [6.07, 6.45) is -4.30. The zero-order valence-electron chi connectivity index (χ0n) is 13.4. The molecule has 3 nitrogen and oxygen atoms in total. The van der Waals surface area contributed by atoms with Crippen LogP contribution in [-0.4, -0.2) is 24.4 Å². The molecule has 0 heterocycles. The molecule has 0 aliphatic heterocycles. The highest BCUT2D eigenvalue weighted by Crippen LogP contribution is 2.25. The van der Waals surface area contributed by atoms with Crippen molar-refractivity contribution in [1.29, 1.82) is 0 Å². The molecule has 124 valence electrons. The van der Waals surface area contributed by atoms with Gasteiger partial charge in [-0.3, -0.25) is 4.79 Å². The minimum Gasteiger partial charge on any atom is -0.484 e. The van der Waals surface area contributed by atoms with Gasteiger partial charge in [-0.2, -0.15) is 13.2 Å². The van der Waals surface area contributed by atoms with Gasteiger partial charge in [0.1, 0.15) is 11.4 Å². The Morgan fingerprint density at radius 1 is 1.09 bits per heavy atom. The van der Waals surface area contributed by atoms with Crippen LogP contribution in [0, 0.1) is 13.8 Å². The third-order valence-corrected chi connectivity index (χ3v) is 2.81. The van der Waals surface area contributed by atoms with Gasteiger partial charge >= 0.3 is 12.1 Å². The van der Waals surface area contributed by atoms with Gasteiger partial charge in [-0.25, -0.2) is 0 Å². The van der Waals surface area contributed by atoms with Crippen molar-refractivity contribution in [2.24, 2.45) is 0 Å². The van der Waals surface area contributed by atoms with Crippen molar-refractivity contribution in [3.63, 3.8) is 0 Å². The quantitative estimate of drug-likeness (QED) is 0.783. The van der Waals surface area contributed by atoms with Gasteiger partial charge in [0.2, 0.25) is 0 Å². The van der Waals surface area contributed by atoms with Gasteiger partial charge in [-0.05, 0) is 63.4 Å². The molecule has 0 aliphatic carbocycles. The zero-order valence-corrected chi connectivity index (χ0v) is 13.4. The van der Waals surface area contributed by atoms with E-state index in [0.29, 0.717) is 11.1 Å². The topological polar surface area (TPSA) is 35.5 Å². The van der Waals surface area contributed by atoms with E-state index in [1.807, 2.05) is 0 Å². The molecule has 0 radical (unpaired) electrons. The normalized spacial score (nSPS) is 12.2. The molecule has 1 aromatic carbocycles. The summed E-state index contributed by atoms with van der Waals surface area (Å²) in [5, 5.41) is 0. The summed E-state index contributed by atoms with van der Waals surface area (Å²) in [6.45, 7) is 7.45. The van der Waals surface area contributed by atoms with Gasteiger partial charge in [0.05, 0.1) is 6.42 Å². The first-order chi connectivity index (χ1) is 9.87. The van der Waals surface area contributed by atoms with Crippen molar-refractivity contribution in [3.05, 3.63) is 28.8 Å². The number of carbonyl (C=O) groups is 1. The number of esters is 1. The second-order valence-electron chi connectivity index (χ2n) is 6.20. The Labute approximate surface area is 128 Å². The van der Waals surface area contributed by atoms with Crippen LogP contribution in [0.4, 0.5) is 13.2 Å². The Bertz CT molecular complexity index is 520. The predicted molar refractivity (Wildman–Crippen MR) is 77.0 cm³/mol. The first kappa shape index (κ1) is 18.3. The van der Waals surface area contributed by atoms with E-state index in [1.54, 1.807) is 34.6 Å². The van der Waals surface area contributed by atoms with E-state index in [-0.39, 0.29) is 18.1 Å². The standard InChI is InChI=1S/C16H21F3O3/c1-10-6-12(21-9-16(17,18)19)7-11(2)13(10)8-14(20)22-15(3,4)5/h6-7H,8-9H2,1-5H3. The van der Waals surface area contributed by atoms with E-state index < -0.39 is 18.4 Å². The number of hydrogen-bond donors (Lipinski definition) is 0. The summed E-state index contributed by atoms with van der Waals surface area (Å²) in [5.74, 6) is -0.233. The predicted octanol–water partition coefficient (Wildman–Crippen LogP) is 4.13. The lowest BCUT2D eigenvalue weighted by Gasteiger charge is -2.20. The Balaban J connectivity index is 2.84. The van der Waals surface area contributed by atoms with Gasteiger partial charge < -0.3 is 9.47 Å². The second kappa shape index (κ2) is 6.58. The van der Waals surface area contributed by atoms with Crippen LogP contribution in [0.3, 0.4) is 0 Å². The first-order valence-corrected chi connectivity index (χ1v) is 6.89. The third-order valence-electron chi connectivity index (χ3n) is 2.81. The lowest BCUT2D eigenvalue weighted by atomic mass is 9.99. The number of hydrogen-bond acceptors (Lipinski definition) is 3. The average molecular weight is 318 g/mol. The summed E-state index contributed by atoms with van der Waals surface area (Å²) in [6, 6.07) is 3.00. The van der Waals surface area contributed by atoms with E-state index in [9.17, 15) is 18.0 Å². The molecule has 0 fully saturated rings. The van der Waals surface area contributed by atoms with Crippen LogP contribution in [0.5, 0.6) is 5.75 Å². The maximum absolute atomic E-state index is 12.2. The van der Waals surface area contributed by atoms with Crippen LogP contribution in [-0.2, 0) is 16.0 Å². The van der Waals surface area contributed by atoms with Gasteiger partial charge in [0.25, 0.3) is 0 Å². The molecule has 0 aromatic heterocycles. The molecular formula is C16H21F3O3. The Morgan fingerprint density at radius 3 is 2.00 bits per heavy atom. The lowest BCUT2D eigenvalue weighted by Crippen LogP contribution is -2.25. The highest BCUT2D eigenvalue weighted by atomic mass is 19.4. The Kier molecular flexibility index (Phi) is 5.49. The van der Waals surface area contributed by atoms with E-state index >= 15 is 0 Å². The maximum Gasteiger partial charge on any atom is 0.422 e. The second-order valence-corrected chi connectivity index (χ2v) is 6.20. The molecule has 1 rings (SSSR count). The number of carbonyl (C=O) groups excluding carboxylic acids is 1. The van der Waals surface area contributed by atoms with Crippen molar-refractivity contribution in [3.8, 4) is 5.75 Å². The number of aryl methyl sites for hydroxylation is 2. The zero-order chi connectivity index (χ0) is 17.1. The molecule has 0 saturated heterocycles. The van der Waals surface area contributed by atoms with Crippen molar-refractivity contribution in [2.75, 3.05) is 6.61 Å². The van der Waals surface area contributed by atoms with Crippen molar-refractivity contribution >= 4 is 5.97 Å². The SMILES string of the molecule is Cc1cc(OCC(F)(F)F)cc(C)c1CC(=O)OC(C)(C)C. The fraction of sp³-hybridized carbons (Fsp3) is 0.562. The van der Waals surface area contributed by atoms with Crippen LogP contribution >= 0.6 is 0 Å². The highest BCUT2D eigenvalue weighted by Gasteiger charge is 2.28. The molecular weight excluding hydrogens is 297 g/mol. The molecule has 0 unspecified atom stereocenters. The molecule has 22 heavy (non-hydrogen) atoms. The molecule has 0 spiro atoms. The summed E-state index contributed by atoms with van der Waals surface area (Å²) in [7, 11) is 0. The molecule has 0 N–H and O–H groups in total. The molecule has 6 heteroatoms. The molecule has 0 atom stereocenters. The summed E-state index contributed by atoms with van der Waals surface area (Å²) < 4.78 is 46.5. The minimum absolute atomic E-state index is 0.0779. The van der Waals surface area contributed by atoms with Crippen LogP contribution in [0.1, 0.15) is 37.5 Å². The van der Waals surface area contributed by atoms with E-state index in [0.717, 1.165) is 5.56 Å². The molecule has 0 bridgehead atoms. The van der Waals surface area contributed by atoms with E-state index in [2.05, 4.69) is 0 Å². The monoisotopic (exact) mass is 318 g/mol. The van der Waals surface area contributed by atoms with Crippen molar-refractivity contribution in [2.45, 2.75) is 52.8 Å². The van der Waals surface area contributed by atoms with Gasteiger partial charge in [-0.1, -0.05) is 0 Å². The summed E-state index contributed by atoms with van der Waals surface area (Å²) in [4.78, 5) is 11.9. The molecule has 0 amide bonds. The number of ether oxygens (including phenoxy) is 2. The van der Waals surface area contributed by atoms with E-state index in [1.165, 1.54) is 12.1 Å². The fourth-order valence-electron chi connectivity index (χ4n) is 2.00. The Morgan fingerprint density at radius 2 is 1.59 bits per heavy atom. The van der Waals surface area contributed by atoms with Crippen LogP contribution in [0.15, 0.2) is 12.1 Å². The van der Waals surface area contributed by atoms with Crippen LogP contribution in [0.2, 0.25) is 0 Å². The smallest absolute Gasteiger partial charge is 0.422 e. The highest BCUT2D eigenvalue weighted by molar-refractivity contribution is 5.74. The molecule has 1 aromatic rings. The number of benzene rings is 1. The lowest BCUT2D eigenvalue weighted by molar-refractivity contribution is -0.154. The third kappa shape index (κ3) is 6.37. The largest absolute Gasteiger partial charge is 0.484 e. The van der Waals surface area contributed by atoms with Crippen LogP contribution in [0.25, 0.3) is 0 Å². The van der Waals surface area contributed by atoms with Gasteiger partial charge in [0.15, 0.2) is 6.61 Å². The van der Waals surface area contributed by atoms with Crippen molar-refractivity contribution in [1.82, 2.24) is 0 Å². The maximum atomic E-state index is 12.2. The van der Waals surface area contributed by atoms with Crippen molar-refractivity contribution < 1.29 is 27.4 Å². The molecule has 0 saturated carbocycles. The minimum atomic E-state index is -4.38. The van der Waals surface area contributed by atoms with Gasteiger partial charge in [-0.15, -0.1) is 0 Å². The summed E-state index contributed by atoms with van der Waals surface area (Å²) in [5.41, 5.74) is 1.56. The van der Waals surface area contributed by atoms with E-state index in [4.69, 9.17) is 9.47 Å².